The van der Waals surface area contributed by atoms with Crippen molar-refractivity contribution in [3.63, 3.8) is 0 Å². The number of aldehydes is 1. The zero-order valence-electron chi connectivity index (χ0n) is 21.8. The van der Waals surface area contributed by atoms with Crippen molar-refractivity contribution in [2.45, 2.75) is 6.82 Å². The van der Waals surface area contributed by atoms with Crippen molar-refractivity contribution in [3.8, 4) is 12.1 Å². The van der Waals surface area contributed by atoms with Gasteiger partial charge in [0, 0.05) is 72.0 Å². The van der Waals surface area contributed by atoms with E-state index in [4.69, 9.17) is 25.8 Å². The van der Waals surface area contributed by atoms with E-state index < -0.39 is 0 Å². The van der Waals surface area contributed by atoms with Crippen molar-refractivity contribution < 1.29 is 51.7 Å². The molecule has 1 N–H and O–H groups in total. The Bertz CT molecular complexity index is 1270. The Morgan fingerprint density at radius 2 is 1.90 bits per heavy atom. The van der Waals surface area contributed by atoms with Crippen LogP contribution in [0, 0.1) is 17.7 Å². The van der Waals surface area contributed by atoms with Crippen molar-refractivity contribution in [1.29, 1.82) is 5.26 Å². The van der Waals surface area contributed by atoms with Gasteiger partial charge in [0.1, 0.15) is 23.3 Å². The van der Waals surface area contributed by atoms with E-state index in [2.05, 4.69) is 49.6 Å². The third kappa shape index (κ3) is 9.86. The maximum absolute atomic E-state index is 11.2. The first kappa shape index (κ1) is 34.5. The largest absolute Gasteiger partial charge is 0.524 e. The quantitative estimate of drug-likeness (QED) is 0.122. The minimum Gasteiger partial charge on any atom is -0.524 e. The Morgan fingerprint density at radius 1 is 1.21 bits per heavy atom. The van der Waals surface area contributed by atoms with Crippen LogP contribution >= 0.6 is 22.9 Å². The number of nitriles is 1. The summed E-state index contributed by atoms with van der Waals surface area (Å²) >= 11 is 7.07. The van der Waals surface area contributed by atoms with E-state index in [1.807, 2.05) is 18.2 Å². The summed E-state index contributed by atoms with van der Waals surface area (Å²) in [6, 6.07) is 7.51. The number of nitrogens with zero attached hydrogens (tertiary/aromatic N) is 7. The Kier molecular flexibility index (Phi) is 16.5. The van der Waals surface area contributed by atoms with Crippen LogP contribution in [-0.2, 0) is 42.2 Å². The fraction of sp³-hybridized carbons (Fsp3) is 0.348. The van der Waals surface area contributed by atoms with Gasteiger partial charge in [-0.1, -0.05) is 18.4 Å². The van der Waals surface area contributed by atoms with Gasteiger partial charge in [0.25, 0.3) is 0 Å². The number of azo groups is 1. The minimum atomic E-state index is 0. The van der Waals surface area contributed by atoms with Crippen LogP contribution in [0.15, 0.2) is 28.4 Å². The van der Waals surface area contributed by atoms with Crippen LogP contribution in [0.5, 0.6) is 6.01 Å². The fourth-order valence-corrected chi connectivity index (χ4v) is 4.09. The summed E-state index contributed by atoms with van der Waals surface area (Å²) in [7, 11) is 9.21. The summed E-state index contributed by atoms with van der Waals surface area (Å²) < 4.78 is 15.5. The second kappa shape index (κ2) is 18.7. The number of nitrogens with one attached hydrogen (secondary N) is 1. The van der Waals surface area contributed by atoms with E-state index in [1.54, 1.807) is 20.3 Å². The molecule has 0 bridgehead atoms. The molecule has 3 aromatic rings. The monoisotopic (exact) mass is 644 g/mol. The first-order chi connectivity index (χ1) is 18.5. The van der Waals surface area contributed by atoms with E-state index in [-0.39, 0.29) is 65.1 Å². The van der Waals surface area contributed by atoms with Gasteiger partial charge in [0.15, 0.2) is 11.3 Å². The Labute approximate surface area is 262 Å². The number of anilines is 3. The number of halogens is 1. The second-order valence-corrected chi connectivity index (χ2v) is 8.34. The Balaban J connectivity index is 0.00000248. The van der Waals surface area contributed by atoms with Gasteiger partial charge in [0.2, 0.25) is 6.01 Å². The standard InChI is InChI=1S/C22H22ClN8O4S.CH3B.Y/c1-33-8-6-31(7-9-34-2)14-4-5-16(17(10-14)27-21-25-13-26-22(28-21)35-3)29-30-20-15(11-24)19(23)18(12-32)36-20;1-2;/h4-5,10,12H,6-9H2,1-3H3,(H,25,26,27,28);1H3;/q-1;;. The molecule has 39 heavy (non-hydrogen) atoms. The molecule has 3 rings (SSSR count). The van der Waals surface area contributed by atoms with Crippen LogP contribution in [-0.4, -0.2) is 76.7 Å². The SMILES string of the molecule is COCCN(CCOC)c1ccc(N=Nc2sc(C=O)c(Cl)c2C#N)c(Nc2n[c-]nc(OC)n2)c1.[B]C.[Y]. The van der Waals surface area contributed by atoms with Gasteiger partial charge in [-0.2, -0.15) is 5.26 Å². The molecule has 201 valence electrons. The topological polar surface area (TPSA) is 147 Å². The van der Waals surface area contributed by atoms with E-state index >= 15 is 0 Å². The Hall–Kier alpha value is -2.53. The molecule has 0 saturated carbocycles. The van der Waals surface area contributed by atoms with Crippen molar-refractivity contribution in [2.24, 2.45) is 10.2 Å². The van der Waals surface area contributed by atoms with Crippen LogP contribution in [0.3, 0.4) is 0 Å². The number of aromatic nitrogens is 3. The number of thiophene rings is 1. The molecule has 0 fully saturated rings. The zero-order valence-corrected chi connectivity index (χ0v) is 26.3. The summed E-state index contributed by atoms with van der Waals surface area (Å²) in [5.41, 5.74) is 1.86. The molecule has 0 aliphatic heterocycles. The summed E-state index contributed by atoms with van der Waals surface area (Å²) in [4.78, 5) is 25.5. The summed E-state index contributed by atoms with van der Waals surface area (Å²) in [6.45, 7) is 3.79. The van der Waals surface area contributed by atoms with E-state index in [0.29, 0.717) is 44.0 Å². The molecule has 0 saturated heterocycles. The minimum absolute atomic E-state index is 0. The maximum atomic E-state index is 11.2. The normalized spacial score (nSPS) is 10.2. The van der Waals surface area contributed by atoms with Crippen molar-refractivity contribution in [2.75, 3.05) is 57.8 Å². The third-order valence-electron chi connectivity index (χ3n) is 4.73. The van der Waals surface area contributed by atoms with E-state index in [1.165, 1.54) is 13.9 Å². The summed E-state index contributed by atoms with van der Waals surface area (Å²) in [5.74, 6) is 0.177. The number of methoxy groups -OCH3 is 3. The van der Waals surface area contributed by atoms with Gasteiger partial charge in [-0.3, -0.25) is 9.78 Å². The van der Waals surface area contributed by atoms with Gasteiger partial charge in [-0.25, -0.2) is 0 Å². The third-order valence-corrected chi connectivity index (χ3v) is 6.24. The number of carbonyl (C=O) groups excluding carboxylic acids is 1. The molecule has 0 aliphatic carbocycles. The summed E-state index contributed by atoms with van der Waals surface area (Å²) in [6.07, 6.45) is 3.05. The van der Waals surface area contributed by atoms with Crippen LogP contribution < -0.4 is 15.0 Å². The van der Waals surface area contributed by atoms with Gasteiger partial charge in [-0.15, -0.1) is 21.6 Å². The van der Waals surface area contributed by atoms with Crippen molar-refractivity contribution in [3.05, 3.63) is 40.0 Å². The zero-order chi connectivity index (χ0) is 27.9. The number of hydrogen-bond donors (Lipinski definition) is 1. The molecule has 1 aromatic carbocycles. The van der Waals surface area contributed by atoms with Gasteiger partial charge < -0.3 is 34.4 Å². The number of hydrogen-bond acceptors (Lipinski definition) is 13. The second-order valence-electron chi connectivity index (χ2n) is 6.93. The van der Waals surface area contributed by atoms with Gasteiger partial charge in [0.05, 0.1) is 43.8 Å². The number of carbonyl (C=O) groups is 1. The smallest absolute Gasteiger partial charge is 0.201 e. The molecule has 12 nitrogen and oxygen atoms in total. The average Bonchev–Trinajstić information content (AvgIpc) is 3.27. The number of rotatable bonds is 13. The number of benzene rings is 1. The molecular formula is C23H25BClN8O4SY-. The molecule has 0 atom stereocenters. The molecule has 2 heterocycles. The molecule has 0 unspecified atom stereocenters. The predicted octanol–water partition coefficient (Wildman–Crippen LogP) is 4.54. The molecule has 16 heteroatoms. The van der Waals surface area contributed by atoms with E-state index in [0.717, 1.165) is 17.0 Å². The van der Waals surface area contributed by atoms with E-state index in [9.17, 15) is 10.1 Å². The van der Waals surface area contributed by atoms with Crippen LogP contribution in [0.25, 0.3) is 0 Å². The van der Waals surface area contributed by atoms with Crippen molar-refractivity contribution >= 4 is 65.1 Å². The van der Waals surface area contributed by atoms with Crippen LogP contribution in [0.1, 0.15) is 15.2 Å². The fourth-order valence-electron chi connectivity index (χ4n) is 2.96. The Morgan fingerprint density at radius 3 is 2.49 bits per heavy atom. The first-order valence-electron chi connectivity index (χ1n) is 11.0. The number of ether oxygens (including phenoxy) is 3. The van der Waals surface area contributed by atoms with Crippen molar-refractivity contribution in [1.82, 2.24) is 15.0 Å². The van der Waals surface area contributed by atoms with Crippen LogP contribution in [0.4, 0.5) is 28.0 Å². The molecule has 0 amide bonds. The van der Waals surface area contributed by atoms with Gasteiger partial charge in [-0.05, 0) is 18.2 Å². The maximum Gasteiger partial charge on any atom is 0.201 e. The average molecular weight is 645 g/mol. The molecule has 3 radical (unpaired) electrons. The molecule has 0 aliphatic rings. The molecule has 0 spiro atoms. The predicted molar refractivity (Wildman–Crippen MR) is 146 cm³/mol. The molecular weight excluding hydrogens is 620 g/mol. The molecule has 2 aromatic heterocycles. The van der Waals surface area contributed by atoms with Crippen LogP contribution in [0.2, 0.25) is 11.8 Å². The first-order valence-corrected chi connectivity index (χ1v) is 12.2. The van der Waals surface area contributed by atoms with Gasteiger partial charge >= 0.3 is 0 Å². The summed E-state index contributed by atoms with van der Waals surface area (Å²) in [5, 5.41) is 21.3.